The summed E-state index contributed by atoms with van der Waals surface area (Å²) in [7, 11) is 0. The number of aromatic nitrogens is 2. The highest BCUT2D eigenvalue weighted by Crippen LogP contribution is 2.20. The zero-order chi connectivity index (χ0) is 18.0. The molecule has 0 radical (unpaired) electrons. The largest absolute Gasteiger partial charge is 0.378 e. The molecule has 1 aromatic heterocycles. The Labute approximate surface area is 156 Å². The van der Waals surface area contributed by atoms with Crippen molar-refractivity contribution in [2.45, 2.75) is 45.1 Å². The van der Waals surface area contributed by atoms with E-state index in [1.54, 1.807) is 12.4 Å². The van der Waals surface area contributed by atoms with Crippen molar-refractivity contribution in [2.24, 2.45) is 4.99 Å². The van der Waals surface area contributed by atoms with Gasteiger partial charge in [0.25, 0.3) is 0 Å². The molecule has 0 aromatic carbocycles. The molecule has 2 fully saturated rings. The van der Waals surface area contributed by atoms with E-state index in [2.05, 4.69) is 32.0 Å². The summed E-state index contributed by atoms with van der Waals surface area (Å²) in [5.74, 6) is 1.83. The topological polar surface area (TPSA) is 65.9 Å². The summed E-state index contributed by atoms with van der Waals surface area (Å²) in [4.78, 5) is 18.1. The number of nitrogens with one attached hydrogen (secondary N) is 1. The molecule has 2 aliphatic rings. The van der Waals surface area contributed by atoms with Crippen LogP contribution in [0.1, 0.15) is 39.0 Å². The SMILES string of the molecule is CCNC(=NCCCOC1CCCC1)N1CCN(c2ncccn2)CC1. The van der Waals surface area contributed by atoms with Gasteiger partial charge in [0.05, 0.1) is 6.10 Å². The van der Waals surface area contributed by atoms with Gasteiger partial charge >= 0.3 is 0 Å². The maximum Gasteiger partial charge on any atom is 0.225 e. The highest BCUT2D eigenvalue weighted by Gasteiger charge is 2.21. The Hall–Kier alpha value is -1.89. The van der Waals surface area contributed by atoms with Crippen LogP contribution in [0.3, 0.4) is 0 Å². The molecule has 1 saturated carbocycles. The van der Waals surface area contributed by atoms with Crippen LogP contribution < -0.4 is 10.2 Å². The second-order valence-corrected chi connectivity index (χ2v) is 6.89. The minimum atomic E-state index is 0.500. The molecule has 3 rings (SSSR count). The average Bonchev–Trinajstić information content (AvgIpc) is 3.21. The molecule has 7 heteroatoms. The van der Waals surface area contributed by atoms with Gasteiger partial charge in [-0.2, -0.15) is 0 Å². The number of ether oxygens (including phenoxy) is 1. The van der Waals surface area contributed by atoms with Crippen molar-refractivity contribution in [3.05, 3.63) is 18.5 Å². The van der Waals surface area contributed by atoms with Crippen LogP contribution in [-0.2, 0) is 4.74 Å². The first-order chi connectivity index (χ1) is 12.9. The standard InChI is InChI=1S/C19H32N6O/c1-2-20-18(23-11-6-16-26-17-7-3-4-8-17)24-12-14-25(15-13-24)19-21-9-5-10-22-19/h5,9-10,17H,2-4,6-8,11-16H2,1H3,(H,20,23). The van der Waals surface area contributed by atoms with Crippen LogP contribution in [0.2, 0.25) is 0 Å². The third-order valence-electron chi connectivity index (χ3n) is 4.97. The number of piperazine rings is 1. The van der Waals surface area contributed by atoms with Gasteiger partial charge in [-0.1, -0.05) is 12.8 Å². The van der Waals surface area contributed by atoms with Gasteiger partial charge in [-0.3, -0.25) is 4.99 Å². The Kier molecular flexibility index (Phi) is 7.49. The molecule has 144 valence electrons. The highest BCUT2D eigenvalue weighted by molar-refractivity contribution is 5.80. The fourth-order valence-electron chi connectivity index (χ4n) is 3.55. The van der Waals surface area contributed by atoms with Crippen LogP contribution in [0, 0.1) is 0 Å². The smallest absolute Gasteiger partial charge is 0.225 e. The molecule has 2 heterocycles. The molecular formula is C19H32N6O. The summed E-state index contributed by atoms with van der Waals surface area (Å²) >= 11 is 0. The van der Waals surface area contributed by atoms with Gasteiger partial charge in [-0.25, -0.2) is 9.97 Å². The molecule has 26 heavy (non-hydrogen) atoms. The maximum atomic E-state index is 5.93. The fraction of sp³-hybridized carbons (Fsp3) is 0.737. The van der Waals surface area contributed by atoms with E-state index < -0.39 is 0 Å². The van der Waals surface area contributed by atoms with Gasteiger partial charge in [-0.15, -0.1) is 0 Å². The monoisotopic (exact) mass is 360 g/mol. The Morgan fingerprint density at radius 3 is 2.62 bits per heavy atom. The summed E-state index contributed by atoms with van der Waals surface area (Å²) in [6, 6.07) is 1.85. The summed E-state index contributed by atoms with van der Waals surface area (Å²) in [6.45, 7) is 8.35. The molecule has 1 aromatic rings. The van der Waals surface area contributed by atoms with Crippen molar-refractivity contribution in [1.82, 2.24) is 20.2 Å². The summed E-state index contributed by atoms with van der Waals surface area (Å²) in [6.07, 6.45) is 10.2. The van der Waals surface area contributed by atoms with Crippen molar-refractivity contribution >= 4 is 11.9 Å². The van der Waals surface area contributed by atoms with E-state index >= 15 is 0 Å². The summed E-state index contributed by atoms with van der Waals surface area (Å²) in [5.41, 5.74) is 0. The lowest BCUT2D eigenvalue weighted by Gasteiger charge is -2.36. The predicted molar refractivity (Wildman–Crippen MR) is 105 cm³/mol. The normalized spacial score (nSPS) is 19.2. The molecular weight excluding hydrogens is 328 g/mol. The quantitative estimate of drug-likeness (QED) is 0.455. The average molecular weight is 361 g/mol. The van der Waals surface area contributed by atoms with Crippen molar-refractivity contribution in [3.8, 4) is 0 Å². The van der Waals surface area contributed by atoms with Crippen LogP contribution >= 0.6 is 0 Å². The van der Waals surface area contributed by atoms with Crippen molar-refractivity contribution < 1.29 is 4.74 Å². The molecule has 1 saturated heterocycles. The van der Waals surface area contributed by atoms with Crippen LogP contribution in [0.5, 0.6) is 0 Å². The predicted octanol–water partition coefficient (Wildman–Crippen LogP) is 1.91. The number of hydrogen-bond donors (Lipinski definition) is 1. The zero-order valence-electron chi connectivity index (χ0n) is 15.9. The van der Waals surface area contributed by atoms with Gasteiger partial charge in [0.1, 0.15) is 0 Å². The molecule has 1 aliphatic heterocycles. The number of aliphatic imine (C=N–C) groups is 1. The zero-order valence-corrected chi connectivity index (χ0v) is 15.9. The van der Waals surface area contributed by atoms with Crippen LogP contribution in [0.25, 0.3) is 0 Å². The first kappa shape index (κ1) is 18.9. The number of anilines is 1. The number of guanidine groups is 1. The van der Waals surface area contributed by atoms with E-state index in [0.717, 1.165) is 64.2 Å². The van der Waals surface area contributed by atoms with E-state index in [1.165, 1.54) is 25.7 Å². The number of hydrogen-bond acceptors (Lipinski definition) is 5. The van der Waals surface area contributed by atoms with Crippen LogP contribution in [0.4, 0.5) is 5.95 Å². The minimum absolute atomic E-state index is 0.500. The molecule has 1 N–H and O–H groups in total. The molecule has 0 atom stereocenters. The molecule has 0 spiro atoms. The molecule has 0 amide bonds. The Morgan fingerprint density at radius 1 is 1.19 bits per heavy atom. The Balaban J connectivity index is 1.42. The molecule has 1 aliphatic carbocycles. The van der Waals surface area contributed by atoms with E-state index in [-0.39, 0.29) is 0 Å². The Morgan fingerprint density at radius 2 is 1.92 bits per heavy atom. The van der Waals surface area contributed by atoms with Gasteiger partial charge < -0.3 is 19.9 Å². The first-order valence-electron chi connectivity index (χ1n) is 10.0. The fourth-order valence-corrected chi connectivity index (χ4v) is 3.55. The van der Waals surface area contributed by atoms with E-state index in [0.29, 0.717) is 6.10 Å². The van der Waals surface area contributed by atoms with E-state index in [1.807, 2.05) is 6.07 Å². The lowest BCUT2D eigenvalue weighted by Crippen LogP contribution is -2.53. The van der Waals surface area contributed by atoms with Crippen molar-refractivity contribution in [3.63, 3.8) is 0 Å². The van der Waals surface area contributed by atoms with Crippen molar-refractivity contribution in [2.75, 3.05) is 50.8 Å². The summed E-state index contributed by atoms with van der Waals surface area (Å²) in [5, 5.41) is 3.42. The molecule has 0 bridgehead atoms. The van der Waals surface area contributed by atoms with Gasteiger partial charge in [0, 0.05) is 58.3 Å². The molecule has 0 unspecified atom stereocenters. The third-order valence-corrected chi connectivity index (χ3v) is 4.97. The van der Waals surface area contributed by atoms with E-state index in [9.17, 15) is 0 Å². The van der Waals surface area contributed by atoms with Crippen LogP contribution in [0.15, 0.2) is 23.5 Å². The first-order valence-corrected chi connectivity index (χ1v) is 10.0. The van der Waals surface area contributed by atoms with Gasteiger partial charge in [-0.05, 0) is 32.3 Å². The second kappa shape index (κ2) is 10.3. The van der Waals surface area contributed by atoms with Gasteiger partial charge in [0.2, 0.25) is 5.95 Å². The lowest BCUT2D eigenvalue weighted by molar-refractivity contribution is 0.0579. The number of nitrogens with zero attached hydrogens (tertiary/aromatic N) is 5. The summed E-state index contributed by atoms with van der Waals surface area (Å²) < 4.78 is 5.93. The lowest BCUT2D eigenvalue weighted by atomic mass is 10.3. The van der Waals surface area contributed by atoms with Crippen LogP contribution in [-0.4, -0.2) is 72.8 Å². The Bertz CT molecular complexity index is 538. The number of rotatable bonds is 7. The highest BCUT2D eigenvalue weighted by atomic mass is 16.5. The maximum absolute atomic E-state index is 5.93. The van der Waals surface area contributed by atoms with Crippen molar-refractivity contribution in [1.29, 1.82) is 0 Å². The minimum Gasteiger partial charge on any atom is -0.378 e. The second-order valence-electron chi connectivity index (χ2n) is 6.89. The third kappa shape index (κ3) is 5.56. The van der Waals surface area contributed by atoms with Gasteiger partial charge in [0.15, 0.2) is 5.96 Å². The van der Waals surface area contributed by atoms with E-state index in [4.69, 9.17) is 9.73 Å². The molecule has 7 nitrogen and oxygen atoms in total.